The van der Waals surface area contributed by atoms with E-state index in [2.05, 4.69) is 15.2 Å². The number of guanidine groups is 1. The van der Waals surface area contributed by atoms with Gasteiger partial charge in [-0.15, -0.1) is 24.0 Å². The molecule has 8 nitrogen and oxygen atoms in total. The minimum absolute atomic E-state index is 0. The number of methoxy groups -OCH3 is 1. The Bertz CT molecular complexity index is 597. The molecule has 2 aliphatic heterocycles. The van der Waals surface area contributed by atoms with Gasteiger partial charge in [-0.3, -0.25) is 9.79 Å². The lowest BCUT2D eigenvalue weighted by Crippen LogP contribution is -2.55. The highest BCUT2D eigenvalue weighted by atomic mass is 127. The molecule has 3 heterocycles. The van der Waals surface area contributed by atoms with Gasteiger partial charge in [-0.25, -0.2) is 0 Å². The quantitative estimate of drug-likeness (QED) is 0.261. The molecule has 1 atom stereocenters. The van der Waals surface area contributed by atoms with Crippen LogP contribution in [0.15, 0.2) is 27.8 Å². The van der Waals surface area contributed by atoms with Crippen LogP contribution in [0, 0.1) is 0 Å². The molecule has 28 heavy (non-hydrogen) atoms. The zero-order valence-corrected chi connectivity index (χ0v) is 18.8. The number of nitrogens with one attached hydrogen (secondary N) is 1. The molecule has 0 saturated carbocycles. The standard InChI is InChI=1S/C19H30N4O4.HI/c1-25-15-8-21-19(20-7-6-16-4-2-13-26-16)23-11-9-22(10-12-23)18(24)17-5-3-14-27-17;/h2,4,13,17H,3,5-12,14-15H2,1H3,(H,20,21);1H. The van der Waals surface area contributed by atoms with Crippen LogP contribution in [-0.4, -0.2) is 87.4 Å². The van der Waals surface area contributed by atoms with E-state index in [1.807, 2.05) is 17.0 Å². The van der Waals surface area contributed by atoms with Gasteiger partial charge in [0, 0.05) is 52.9 Å². The smallest absolute Gasteiger partial charge is 0.251 e. The third-order valence-electron chi connectivity index (χ3n) is 4.89. The molecule has 9 heteroatoms. The second-order valence-corrected chi connectivity index (χ2v) is 6.77. The molecule has 1 amide bonds. The van der Waals surface area contributed by atoms with Crippen LogP contribution < -0.4 is 5.32 Å². The highest BCUT2D eigenvalue weighted by Crippen LogP contribution is 2.16. The van der Waals surface area contributed by atoms with Crippen LogP contribution >= 0.6 is 24.0 Å². The van der Waals surface area contributed by atoms with Crippen molar-refractivity contribution in [1.29, 1.82) is 0 Å². The summed E-state index contributed by atoms with van der Waals surface area (Å²) in [6, 6.07) is 3.87. The Kier molecular flexibility index (Phi) is 10.1. The van der Waals surface area contributed by atoms with Crippen LogP contribution in [0.3, 0.4) is 0 Å². The molecule has 0 radical (unpaired) electrons. The number of carbonyl (C=O) groups excluding carboxylic acids is 1. The fourth-order valence-corrected chi connectivity index (χ4v) is 3.38. The number of carbonyl (C=O) groups is 1. The highest BCUT2D eigenvalue weighted by molar-refractivity contribution is 14.0. The lowest BCUT2D eigenvalue weighted by Gasteiger charge is -2.37. The predicted octanol–water partition coefficient (Wildman–Crippen LogP) is 1.36. The zero-order valence-electron chi connectivity index (χ0n) is 16.5. The summed E-state index contributed by atoms with van der Waals surface area (Å²) < 4.78 is 16.0. The van der Waals surface area contributed by atoms with Gasteiger partial charge in [0.05, 0.1) is 19.4 Å². The SMILES string of the molecule is COCCN=C(NCCc1ccco1)N1CCN(C(=O)C2CCCO2)CC1.I. The van der Waals surface area contributed by atoms with Crippen molar-refractivity contribution >= 4 is 35.8 Å². The first-order valence-corrected chi connectivity index (χ1v) is 9.73. The largest absolute Gasteiger partial charge is 0.469 e. The Morgan fingerprint density at radius 2 is 2.11 bits per heavy atom. The molecule has 0 bridgehead atoms. The molecule has 3 rings (SSSR count). The molecule has 1 aromatic rings. The lowest BCUT2D eigenvalue weighted by atomic mass is 10.2. The third-order valence-corrected chi connectivity index (χ3v) is 4.89. The molecule has 158 valence electrons. The lowest BCUT2D eigenvalue weighted by molar-refractivity contribution is -0.142. The van der Waals surface area contributed by atoms with Crippen molar-refractivity contribution in [2.24, 2.45) is 4.99 Å². The van der Waals surface area contributed by atoms with Crippen molar-refractivity contribution in [3.05, 3.63) is 24.2 Å². The maximum Gasteiger partial charge on any atom is 0.251 e. The van der Waals surface area contributed by atoms with Gasteiger partial charge in [-0.1, -0.05) is 0 Å². The van der Waals surface area contributed by atoms with Gasteiger partial charge in [0.25, 0.3) is 5.91 Å². The van der Waals surface area contributed by atoms with Crippen LogP contribution in [0.1, 0.15) is 18.6 Å². The number of nitrogens with zero attached hydrogens (tertiary/aromatic N) is 3. The van der Waals surface area contributed by atoms with Gasteiger partial charge in [-0.05, 0) is 25.0 Å². The molecule has 2 aliphatic rings. The number of hydrogen-bond acceptors (Lipinski definition) is 5. The van der Waals surface area contributed by atoms with Gasteiger partial charge in [0.1, 0.15) is 11.9 Å². The van der Waals surface area contributed by atoms with Gasteiger partial charge in [0.15, 0.2) is 5.96 Å². The van der Waals surface area contributed by atoms with Gasteiger partial charge < -0.3 is 29.0 Å². The van der Waals surface area contributed by atoms with E-state index in [-0.39, 0.29) is 36.0 Å². The summed E-state index contributed by atoms with van der Waals surface area (Å²) in [7, 11) is 1.68. The van der Waals surface area contributed by atoms with E-state index in [1.54, 1.807) is 13.4 Å². The van der Waals surface area contributed by atoms with Crippen molar-refractivity contribution in [3.8, 4) is 0 Å². The van der Waals surface area contributed by atoms with Crippen molar-refractivity contribution in [1.82, 2.24) is 15.1 Å². The first-order valence-electron chi connectivity index (χ1n) is 9.73. The Balaban J connectivity index is 0.00000280. The molecular weight excluding hydrogens is 475 g/mol. The summed E-state index contributed by atoms with van der Waals surface area (Å²) >= 11 is 0. The molecule has 2 saturated heterocycles. The summed E-state index contributed by atoms with van der Waals surface area (Å²) in [5.41, 5.74) is 0. The number of ether oxygens (including phenoxy) is 2. The Hall–Kier alpha value is -1.33. The van der Waals surface area contributed by atoms with Gasteiger partial charge in [0.2, 0.25) is 0 Å². The average molecular weight is 506 g/mol. The number of aliphatic imine (C=N–C) groups is 1. The maximum atomic E-state index is 12.5. The molecule has 1 unspecified atom stereocenters. The number of rotatable bonds is 7. The minimum Gasteiger partial charge on any atom is -0.469 e. The summed E-state index contributed by atoms with van der Waals surface area (Å²) in [5, 5.41) is 3.42. The van der Waals surface area contributed by atoms with Crippen molar-refractivity contribution in [2.45, 2.75) is 25.4 Å². The third kappa shape index (κ3) is 6.63. The topological polar surface area (TPSA) is 79.5 Å². The van der Waals surface area contributed by atoms with Gasteiger partial charge in [-0.2, -0.15) is 0 Å². The summed E-state index contributed by atoms with van der Waals surface area (Å²) in [4.78, 5) is 21.3. The predicted molar refractivity (Wildman–Crippen MR) is 117 cm³/mol. The van der Waals surface area contributed by atoms with E-state index in [0.29, 0.717) is 32.8 Å². The molecule has 0 aliphatic carbocycles. The molecule has 0 aromatic carbocycles. The van der Waals surface area contributed by atoms with E-state index in [4.69, 9.17) is 13.9 Å². The number of piperazine rings is 1. The maximum absolute atomic E-state index is 12.5. The number of amides is 1. The van der Waals surface area contributed by atoms with Crippen molar-refractivity contribution in [2.75, 3.05) is 59.6 Å². The second-order valence-electron chi connectivity index (χ2n) is 6.77. The average Bonchev–Trinajstić information content (AvgIpc) is 3.41. The second kappa shape index (κ2) is 12.3. The van der Waals surface area contributed by atoms with Crippen molar-refractivity contribution < 1.29 is 18.7 Å². The van der Waals surface area contributed by atoms with E-state index in [0.717, 1.165) is 50.6 Å². The first-order chi connectivity index (χ1) is 13.3. The summed E-state index contributed by atoms with van der Waals surface area (Å²) in [6.45, 7) is 5.55. The molecule has 1 aromatic heterocycles. The van der Waals surface area contributed by atoms with Crippen LogP contribution in [0.2, 0.25) is 0 Å². The molecule has 1 N–H and O–H groups in total. The van der Waals surface area contributed by atoms with Crippen LogP contribution in [0.5, 0.6) is 0 Å². The Morgan fingerprint density at radius 1 is 1.32 bits per heavy atom. The first kappa shape index (κ1) is 23.0. The fourth-order valence-electron chi connectivity index (χ4n) is 3.38. The normalized spacial score (nSPS) is 20.2. The van der Waals surface area contributed by atoms with Gasteiger partial charge >= 0.3 is 0 Å². The van der Waals surface area contributed by atoms with Crippen molar-refractivity contribution in [3.63, 3.8) is 0 Å². The molecule has 0 spiro atoms. The van der Waals surface area contributed by atoms with Crippen LogP contribution in [0.25, 0.3) is 0 Å². The number of hydrogen-bond donors (Lipinski definition) is 1. The molecular formula is C19H31IN4O4. The zero-order chi connectivity index (χ0) is 18.9. The fraction of sp³-hybridized carbons (Fsp3) is 0.684. The molecule has 2 fully saturated rings. The summed E-state index contributed by atoms with van der Waals surface area (Å²) in [6.07, 6.45) is 4.07. The Morgan fingerprint density at radius 3 is 2.75 bits per heavy atom. The van der Waals surface area contributed by atoms with E-state index in [9.17, 15) is 4.79 Å². The summed E-state index contributed by atoms with van der Waals surface area (Å²) in [5.74, 6) is 1.95. The minimum atomic E-state index is -0.238. The highest BCUT2D eigenvalue weighted by Gasteiger charge is 2.30. The Labute approximate surface area is 183 Å². The van der Waals surface area contributed by atoms with E-state index >= 15 is 0 Å². The monoisotopic (exact) mass is 506 g/mol. The number of furan rings is 1. The van der Waals surface area contributed by atoms with Crippen LogP contribution in [0.4, 0.5) is 0 Å². The van der Waals surface area contributed by atoms with E-state index < -0.39 is 0 Å². The van der Waals surface area contributed by atoms with Crippen LogP contribution in [-0.2, 0) is 20.7 Å². The van der Waals surface area contributed by atoms with E-state index in [1.165, 1.54) is 0 Å². The number of halogens is 1.